The predicted molar refractivity (Wildman–Crippen MR) is 136 cm³/mol. The molecule has 0 saturated carbocycles. The number of nitrogens with one attached hydrogen (secondary N) is 1. The third-order valence-corrected chi connectivity index (χ3v) is 6.08. The molecule has 0 atom stereocenters. The van der Waals surface area contributed by atoms with Crippen molar-refractivity contribution in [1.29, 1.82) is 0 Å². The van der Waals surface area contributed by atoms with Gasteiger partial charge in [-0.25, -0.2) is 4.68 Å². The second-order valence-corrected chi connectivity index (χ2v) is 8.56. The van der Waals surface area contributed by atoms with Crippen molar-refractivity contribution >= 4 is 16.9 Å². The van der Waals surface area contributed by atoms with Crippen molar-refractivity contribution in [2.24, 2.45) is 0 Å². The van der Waals surface area contributed by atoms with Gasteiger partial charge in [-0.2, -0.15) is 5.10 Å². The highest BCUT2D eigenvalue weighted by Gasteiger charge is 2.18. The molecule has 8 nitrogen and oxygen atoms in total. The van der Waals surface area contributed by atoms with Crippen LogP contribution < -0.4 is 20.3 Å². The predicted octanol–water partition coefficient (Wildman–Crippen LogP) is 3.49. The Balaban J connectivity index is 1.59. The molecule has 2 aromatic heterocycles. The fourth-order valence-electron chi connectivity index (χ4n) is 4.28. The molecule has 0 bridgehead atoms. The molecule has 0 radical (unpaired) electrons. The number of carbonyl (C=O) groups is 1. The molecule has 0 aliphatic carbocycles. The van der Waals surface area contributed by atoms with Gasteiger partial charge in [0.1, 0.15) is 23.7 Å². The van der Waals surface area contributed by atoms with E-state index in [2.05, 4.69) is 5.32 Å². The lowest BCUT2D eigenvalue weighted by Crippen LogP contribution is -2.34. The van der Waals surface area contributed by atoms with E-state index in [-0.39, 0.29) is 18.0 Å². The summed E-state index contributed by atoms with van der Waals surface area (Å²) < 4.78 is 13.9. The van der Waals surface area contributed by atoms with E-state index in [4.69, 9.17) is 14.6 Å². The maximum Gasteiger partial charge on any atom is 0.252 e. The van der Waals surface area contributed by atoms with Gasteiger partial charge in [-0.1, -0.05) is 23.8 Å². The van der Waals surface area contributed by atoms with Gasteiger partial charge < -0.3 is 14.8 Å². The van der Waals surface area contributed by atoms with Crippen molar-refractivity contribution in [2.45, 2.75) is 33.7 Å². The topological polar surface area (TPSA) is 87.4 Å². The number of amides is 1. The number of aryl methyl sites for hydroxylation is 3. The molecule has 0 aliphatic rings. The number of fused-ring (bicyclic) bond motifs is 1. The Hall–Kier alpha value is -4.07. The Bertz CT molecular complexity index is 1430. The molecule has 8 heteroatoms. The van der Waals surface area contributed by atoms with E-state index in [1.807, 2.05) is 63.2 Å². The Morgan fingerprint density at radius 1 is 1.00 bits per heavy atom. The zero-order valence-electron chi connectivity index (χ0n) is 20.7. The van der Waals surface area contributed by atoms with E-state index in [0.717, 1.165) is 33.5 Å². The van der Waals surface area contributed by atoms with Crippen LogP contribution in [0.5, 0.6) is 11.5 Å². The van der Waals surface area contributed by atoms with Crippen molar-refractivity contribution in [2.75, 3.05) is 20.8 Å². The van der Waals surface area contributed by atoms with Gasteiger partial charge in [0.05, 0.1) is 25.6 Å². The van der Waals surface area contributed by atoms with E-state index >= 15 is 0 Å². The Morgan fingerprint density at radius 3 is 2.43 bits per heavy atom. The quantitative estimate of drug-likeness (QED) is 0.422. The second kappa shape index (κ2) is 10.0. The first-order valence-electron chi connectivity index (χ1n) is 11.5. The van der Waals surface area contributed by atoms with Crippen LogP contribution in [0.1, 0.15) is 22.4 Å². The summed E-state index contributed by atoms with van der Waals surface area (Å²) in [6.07, 6.45) is 0.581. The summed E-state index contributed by atoms with van der Waals surface area (Å²) in [6.45, 7) is 6.12. The molecule has 1 N–H and O–H groups in total. The van der Waals surface area contributed by atoms with Gasteiger partial charge in [-0.05, 0) is 56.5 Å². The summed E-state index contributed by atoms with van der Waals surface area (Å²) in [6, 6.07) is 15.1. The molecule has 0 fully saturated rings. The minimum Gasteiger partial charge on any atom is -0.497 e. The van der Waals surface area contributed by atoms with Crippen LogP contribution in [0.2, 0.25) is 0 Å². The van der Waals surface area contributed by atoms with Crippen LogP contribution >= 0.6 is 0 Å². The molecular weight excluding hydrogens is 444 g/mol. The lowest BCUT2D eigenvalue weighted by molar-refractivity contribution is -0.121. The highest BCUT2D eigenvalue weighted by Crippen LogP contribution is 2.25. The Kier molecular flexibility index (Phi) is 6.91. The summed E-state index contributed by atoms with van der Waals surface area (Å²) in [5, 5.41) is 8.50. The van der Waals surface area contributed by atoms with E-state index in [9.17, 15) is 9.59 Å². The van der Waals surface area contributed by atoms with E-state index in [1.165, 1.54) is 4.57 Å². The molecule has 182 valence electrons. The van der Waals surface area contributed by atoms with Crippen LogP contribution in [0, 0.1) is 20.8 Å². The molecular formula is C27H30N4O4. The number of rotatable bonds is 8. The third-order valence-electron chi connectivity index (χ3n) is 6.08. The zero-order chi connectivity index (χ0) is 25.1. The summed E-state index contributed by atoms with van der Waals surface area (Å²) >= 11 is 0. The van der Waals surface area contributed by atoms with Crippen LogP contribution in [0.3, 0.4) is 0 Å². The number of carbonyl (C=O) groups excluding carboxylic acids is 1. The van der Waals surface area contributed by atoms with Gasteiger partial charge >= 0.3 is 0 Å². The Morgan fingerprint density at radius 2 is 1.74 bits per heavy atom. The third kappa shape index (κ3) is 4.91. The lowest BCUT2D eigenvalue weighted by Gasteiger charge is -2.13. The summed E-state index contributed by atoms with van der Waals surface area (Å²) in [5.41, 5.74) is 4.93. The molecule has 2 aromatic carbocycles. The van der Waals surface area contributed by atoms with Crippen LogP contribution in [0.4, 0.5) is 0 Å². The molecule has 35 heavy (non-hydrogen) atoms. The van der Waals surface area contributed by atoms with Gasteiger partial charge in [0.2, 0.25) is 5.91 Å². The van der Waals surface area contributed by atoms with Crippen molar-refractivity contribution in [3.8, 4) is 17.2 Å². The minimum absolute atomic E-state index is 0.105. The summed E-state index contributed by atoms with van der Waals surface area (Å²) in [5.74, 6) is 1.16. The normalized spacial score (nSPS) is 11.0. The second-order valence-electron chi connectivity index (χ2n) is 8.56. The van der Waals surface area contributed by atoms with Gasteiger partial charge in [0.15, 0.2) is 0 Å². The van der Waals surface area contributed by atoms with Crippen LogP contribution in [0.15, 0.2) is 53.3 Å². The Labute approximate surface area is 204 Å². The molecule has 4 rings (SSSR count). The smallest absolute Gasteiger partial charge is 0.252 e. The zero-order valence-corrected chi connectivity index (χ0v) is 20.7. The molecule has 1 amide bonds. The van der Waals surface area contributed by atoms with Crippen LogP contribution in [-0.2, 0) is 17.8 Å². The summed E-state index contributed by atoms with van der Waals surface area (Å²) in [4.78, 5) is 25.9. The van der Waals surface area contributed by atoms with Crippen LogP contribution in [-0.4, -0.2) is 41.0 Å². The average molecular weight is 475 g/mol. The number of nitrogens with zero attached hydrogens (tertiary/aromatic N) is 3. The average Bonchev–Trinajstić information content (AvgIpc) is 3.19. The standard InChI is InChI=1S/C27H30N4O4/c1-17-6-9-21(10-7-17)31-27-26(19(3)29-31)18(2)14-25(33)30(27)16-24(32)28-13-12-20-8-11-22(34-4)15-23(20)35-5/h6-11,14-15H,12-13,16H2,1-5H3,(H,28,32). The first-order valence-corrected chi connectivity index (χ1v) is 11.5. The highest BCUT2D eigenvalue weighted by atomic mass is 16.5. The molecule has 0 aliphatic heterocycles. The molecule has 2 heterocycles. The first-order chi connectivity index (χ1) is 16.8. The lowest BCUT2D eigenvalue weighted by atomic mass is 10.1. The van der Waals surface area contributed by atoms with Crippen molar-refractivity contribution < 1.29 is 14.3 Å². The maximum absolute atomic E-state index is 13.0. The van der Waals surface area contributed by atoms with Crippen molar-refractivity contribution in [3.05, 3.63) is 81.3 Å². The number of benzene rings is 2. The molecule has 0 unspecified atom stereocenters. The van der Waals surface area contributed by atoms with Gasteiger partial charge in [-0.15, -0.1) is 0 Å². The minimum atomic E-state index is -0.251. The van der Waals surface area contributed by atoms with Crippen molar-refractivity contribution in [1.82, 2.24) is 19.7 Å². The van der Waals surface area contributed by atoms with E-state index < -0.39 is 0 Å². The van der Waals surface area contributed by atoms with Crippen LogP contribution in [0.25, 0.3) is 16.7 Å². The number of hydrogen-bond acceptors (Lipinski definition) is 5. The van der Waals surface area contributed by atoms with E-state index in [1.54, 1.807) is 25.0 Å². The number of aromatic nitrogens is 3. The number of ether oxygens (including phenoxy) is 2. The number of methoxy groups -OCH3 is 2. The first kappa shape index (κ1) is 24.1. The fraction of sp³-hybridized carbons (Fsp3) is 0.296. The monoisotopic (exact) mass is 474 g/mol. The van der Waals surface area contributed by atoms with E-state index in [0.29, 0.717) is 30.1 Å². The molecule has 0 spiro atoms. The number of hydrogen-bond donors (Lipinski definition) is 1. The van der Waals surface area contributed by atoms with Gasteiger partial charge in [-0.3, -0.25) is 14.2 Å². The molecule has 4 aromatic rings. The number of pyridine rings is 1. The SMILES string of the molecule is COc1ccc(CCNC(=O)Cn2c(=O)cc(C)c3c(C)nn(-c4ccc(C)cc4)c32)c(OC)c1. The highest BCUT2D eigenvalue weighted by molar-refractivity contribution is 5.85. The van der Waals surface area contributed by atoms with Gasteiger partial charge in [0.25, 0.3) is 5.56 Å². The molecule has 0 saturated heterocycles. The maximum atomic E-state index is 13.0. The van der Waals surface area contributed by atoms with Gasteiger partial charge in [0, 0.05) is 24.1 Å². The largest absolute Gasteiger partial charge is 0.497 e. The fourth-order valence-corrected chi connectivity index (χ4v) is 4.28. The van der Waals surface area contributed by atoms with Crippen molar-refractivity contribution in [3.63, 3.8) is 0 Å². The summed E-state index contributed by atoms with van der Waals surface area (Å²) in [7, 11) is 3.20.